The van der Waals surface area contributed by atoms with E-state index in [1.54, 1.807) is 12.0 Å². The molecule has 1 aliphatic rings. The molecule has 1 amide bonds. The molecule has 2 aromatic rings. The van der Waals surface area contributed by atoms with Gasteiger partial charge in [-0.05, 0) is 25.0 Å². The van der Waals surface area contributed by atoms with Crippen LogP contribution in [-0.2, 0) is 11.3 Å². The topological polar surface area (TPSA) is 64.4 Å². The molecule has 120 valence electrons. The molecule has 6 nitrogen and oxygen atoms in total. The van der Waals surface area contributed by atoms with Crippen molar-refractivity contribution in [3.8, 4) is 17.0 Å². The van der Waals surface area contributed by atoms with E-state index in [0.29, 0.717) is 11.4 Å². The Morgan fingerprint density at radius 1 is 1.26 bits per heavy atom. The van der Waals surface area contributed by atoms with E-state index in [0.717, 1.165) is 31.5 Å². The number of para-hydroxylation sites is 1. The van der Waals surface area contributed by atoms with Crippen LogP contribution in [0.5, 0.6) is 5.75 Å². The fourth-order valence-electron chi connectivity index (χ4n) is 2.76. The van der Waals surface area contributed by atoms with Crippen LogP contribution in [0, 0.1) is 0 Å². The quantitative estimate of drug-likeness (QED) is 0.859. The summed E-state index contributed by atoms with van der Waals surface area (Å²) in [6.45, 7) is 1.60. The van der Waals surface area contributed by atoms with E-state index in [1.165, 1.54) is 17.0 Å². The minimum absolute atomic E-state index is 0.0311. The maximum Gasteiger partial charge on any atom is 0.254 e. The smallest absolute Gasteiger partial charge is 0.254 e. The van der Waals surface area contributed by atoms with Crippen molar-refractivity contribution >= 4 is 5.91 Å². The number of methoxy groups -OCH3 is 1. The lowest BCUT2D eigenvalue weighted by molar-refractivity contribution is -0.130. The molecule has 0 unspecified atom stereocenters. The minimum atomic E-state index is -0.242. The van der Waals surface area contributed by atoms with Crippen LogP contribution in [0.15, 0.2) is 41.5 Å². The highest BCUT2D eigenvalue weighted by Crippen LogP contribution is 2.26. The normalized spacial score (nSPS) is 14.0. The third-order valence-electron chi connectivity index (χ3n) is 4.03. The second-order valence-electron chi connectivity index (χ2n) is 5.53. The van der Waals surface area contributed by atoms with Gasteiger partial charge in [0.1, 0.15) is 12.3 Å². The zero-order valence-electron chi connectivity index (χ0n) is 13.1. The fourth-order valence-corrected chi connectivity index (χ4v) is 2.76. The molecule has 0 aliphatic carbocycles. The predicted octanol–water partition coefficient (Wildman–Crippen LogP) is 1.54. The SMILES string of the molecule is COc1ccccc1-c1cc(=O)n(CC(=O)N2CCCC2)cn1. The summed E-state index contributed by atoms with van der Waals surface area (Å²) in [5.41, 5.74) is 1.05. The van der Waals surface area contributed by atoms with Crippen molar-refractivity contribution in [3.63, 3.8) is 0 Å². The molecule has 0 radical (unpaired) electrons. The first-order chi connectivity index (χ1) is 11.2. The van der Waals surface area contributed by atoms with Gasteiger partial charge in [0.25, 0.3) is 5.56 Å². The number of likely N-dealkylation sites (tertiary alicyclic amines) is 1. The fraction of sp³-hybridized carbons (Fsp3) is 0.353. The highest BCUT2D eigenvalue weighted by molar-refractivity contribution is 5.76. The Hall–Kier alpha value is -2.63. The molecule has 0 atom stereocenters. The summed E-state index contributed by atoms with van der Waals surface area (Å²) in [5.74, 6) is 0.627. The van der Waals surface area contributed by atoms with Gasteiger partial charge >= 0.3 is 0 Å². The van der Waals surface area contributed by atoms with Gasteiger partial charge in [0.05, 0.1) is 19.1 Å². The number of hydrogen-bond acceptors (Lipinski definition) is 4. The number of benzene rings is 1. The maximum absolute atomic E-state index is 12.3. The lowest BCUT2D eigenvalue weighted by Gasteiger charge is -2.16. The zero-order chi connectivity index (χ0) is 16.2. The van der Waals surface area contributed by atoms with Gasteiger partial charge in [-0.15, -0.1) is 0 Å². The van der Waals surface area contributed by atoms with Crippen molar-refractivity contribution in [2.45, 2.75) is 19.4 Å². The van der Waals surface area contributed by atoms with Crippen LogP contribution < -0.4 is 10.3 Å². The summed E-state index contributed by atoms with van der Waals surface area (Å²) in [7, 11) is 1.58. The number of aromatic nitrogens is 2. The molecule has 0 bridgehead atoms. The largest absolute Gasteiger partial charge is 0.496 e. The summed E-state index contributed by atoms with van der Waals surface area (Å²) < 4.78 is 6.64. The van der Waals surface area contributed by atoms with E-state index in [9.17, 15) is 9.59 Å². The molecule has 2 heterocycles. The van der Waals surface area contributed by atoms with Crippen LogP contribution in [0.25, 0.3) is 11.3 Å². The molecule has 23 heavy (non-hydrogen) atoms. The van der Waals surface area contributed by atoms with Crippen molar-refractivity contribution in [2.75, 3.05) is 20.2 Å². The van der Waals surface area contributed by atoms with E-state index in [-0.39, 0.29) is 18.0 Å². The summed E-state index contributed by atoms with van der Waals surface area (Å²) in [5, 5.41) is 0. The summed E-state index contributed by atoms with van der Waals surface area (Å²) in [6, 6.07) is 8.83. The Bertz CT molecular complexity index is 764. The number of amides is 1. The second kappa shape index (κ2) is 6.64. The lowest BCUT2D eigenvalue weighted by atomic mass is 10.1. The van der Waals surface area contributed by atoms with Gasteiger partial charge in [-0.25, -0.2) is 4.98 Å². The Balaban J connectivity index is 1.83. The molecule has 1 fully saturated rings. The second-order valence-corrected chi connectivity index (χ2v) is 5.53. The molecular formula is C17H19N3O3. The van der Waals surface area contributed by atoms with E-state index < -0.39 is 0 Å². The number of hydrogen-bond donors (Lipinski definition) is 0. The molecule has 1 saturated heterocycles. The van der Waals surface area contributed by atoms with Crippen LogP contribution in [0.4, 0.5) is 0 Å². The summed E-state index contributed by atoms with van der Waals surface area (Å²) in [4.78, 5) is 30.5. The summed E-state index contributed by atoms with van der Waals surface area (Å²) >= 11 is 0. The molecule has 1 aromatic heterocycles. The van der Waals surface area contributed by atoms with E-state index in [4.69, 9.17) is 4.74 Å². The standard InChI is InChI=1S/C17H19N3O3/c1-23-15-7-3-2-6-13(15)14-10-16(21)20(12-18-14)11-17(22)19-8-4-5-9-19/h2-3,6-7,10,12H,4-5,8-9,11H2,1H3. The number of nitrogens with zero attached hydrogens (tertiary/aromatic N) is 3. The van der Waals surface area contributed by atoms with Crippen LogP contribution in [0.2, 0.25) is 0 Å². The highest BCUT2D eigenvalue weighted by atomic mass is 16.5. The average molecular weight is 313 g/mol. The van der Waals surface area contributed by atoms with Crippen LogP contribution in [0.1, 0.15) is 12.8 Å². The van der Waals surface area contributed by atoms with Gasteiger partial charge in [0, 0.05) is 24.7 Å². The molecule has 0 spiro atoms. The first-order valence-corrected chi connectivity index (χ1v) is 7.66. The van der Waals surface area contributed by atoms with Crippen molar-refractivity contribution in [1.82, 2.24) is 14.5 Å². The molecule has 0 N–H and O–H groups in total. The first-order valence-electron chi connectivity index (χ1n) is 7.66. The van der Waals surface area contributed by atoms with Crippen molar-refractivity contribution in [1.29, 1.82) is 0 Å². The van der Waals surface area contributed by atoms with Gasteiger partial charge in [-0.1, -0.05) is 12.1 Å². The highest BCUT2D eigenvalue weighted by Gasteiger charge is 2.18. The zero-order valence-corrected chi connectivity index (χ0v) is 13.1. The number of ether oxygens (including phenoxy) is 1. The average Bonchev–Trinajstić information content (AvgIpc) is 3.11. The predicted molar refractivity (Wildman–Crippen MR) is 86.3 cm³/mol. The molecule has 6 heteroatoms. The van der Waals surface area contributed by atoms with E-state index >= 15 is 0 Å². The van der Waals surface area contributed by atoms with Gasteiger partial charge in [0.2, 0.25) is 5.91 Å². The van der Waals surface area contributed by atoms with E-state index in [1.807, 2.05) is 24.3 Å². The van der Waals surface area contributed by atoms with Crippen molar-refractivity contribution < 1.29 is 9.53 Å². The molecule has 1 aromatic carbocycles. The third kappa shape index (κ3) is 3.26. The lowest BCUT2D eigenvalue weighted by Crippen LogP contribution is -2.34. The third-order valence-corrected chi connectivity index (χ3v) is 4.03. The number of rotatable bonds is 4. The first kappa shape index (κ1) is 15.3. The number of carbonyl (C=O) groups is 1. The van der Waals surface area contributed by atoms with Crippen molar-refractivity contribution in [3.05, 3.63) is 47.0 Å². The number of carbonyl (C=O) groups excluding carboxylic acids is 1. The maximum atomic E-state index is 12.3. The minimum Gasteiger partial charge on any atom is -0.496 e. The molecule has 0 saturated carbocycles. The van der Waals surface area contributed by atoms with Crippen molar-refractivity contribution in [2.24, 2.45) is 0 Å². The molecular weight excluding hydrogens is 294 g/mol. The van der Waals surface area contributed by atoms with E-state index in [2.05, 4.69) is 4.98 Å². The van der Waals surface area contributed by atoms with Gasteiger partial charge in [-0.2, -0.15) is 0 Å². The molecule has 1 aliphatic heterocycles. The summed E-state index contributed by atoms with van der Waals surface area (Å²) in [6.07, 6.45) is 3.50. The Kier molecular flexibility index (Phi) is 4.41. The Morgan fingerprint density at radius 3 is 2.70 bits per heavy atom. The monoisotopic (exact) mass is 313 g/mol. The van der Waals surface area contributed by atoms with Gasteiger partial charge < -0.3 is 9.64 Å². The van der Waals surface area contributed by atoms with Gasteiger partial charge in [0.15, 0.2) is 0 Å². The molecule has 3 rings (SSSR count). The van der Waals surface area contributed by atoms with Crippen LogP contribution in [0.3, 0.4) is 0 Å². The Labute approximate surface area is 134 Å². The van der Waals surface area contributed by atoms with Crippen LogP contribution in [-0.4, -0.2) is 40.6 Å². The van der Waals surface area contributed by atoms with Gasteiger partial charge in [-0.3, -0.25) is 14.2 Å². The van der Waals surface area contributed by atoms with Crippen LogP contribution >= 0.6 is 0 Å². The Morgan fingerprint density at radius 2 is 2.00 bits per heavy atom.